The van der Waals surface area contributed by atoms with Gasteiger partial charge in [0.1, 0.15) is 11.9 Å². The van der Waals surface area contributed by atoms with E-state index in [4.69, 9.17) is 4.74 Å². The van der Waals surface area contributed by atoms with E-state index in [0.717, 1.165) is 30.1 Å². The van der Waals surface area contributed by atoms with Gasteiger partial charge in [0.2, 0.25) is 0 Å². The maximum atomic E-state index is 5.90. The Hall–Kier alpha value is -1.09. The fourth-order valence-electron chi connectivity index (χ4n) is 2.04. The molecule has 0 aliphatic carbocycles. The Balaban J connectivity index is 2.04. The van der Waals surface area contributed by atoms with Crippen LogP contribution in [0, 0.1) is 13.8 Å². The third-order valence-corrected chi connectivity index (χ3v) is 2.67. The molecule has 3 nitrogen and oxygen atoms in total. The first-order valence-corrected chi connectivity index (χ1v) is 5.49. The van der Waals surface area contributed by atoms with Crippen LogP contribution in [0.1, 0.15) is 24.7 Å². The Morgan fingerprint density at radius 3 is 2.53 bits per heavy atom. The summed E-state index contributed by atoms with van der Waals surface area (Å²) >= 11 is 0. The third-order valence-electron chi connectivity index (χ3n) is 2.67. The minimum atomic E-state index is 0.307. The minimum absolute atomic E-state index is 0.307. The van der Waals surface area contributed by atoms with Gasteiger partial charge in [0.05, 0.1) is 0 Å². The molecule has 2 atom stereocenters. The molecule has 0 amide bonds. The van der Waals surface area contributed by atoms with Crippen molar-refractivity contribution in [2.75, 3.05) is 6.54 Å². The molecule has 0 radical (unpaired) electrons. The summed E-state index contributed by atoms with van der Waals surface area (Å²) in [7, 11) is 0. The summed E-state index contributed by atoms with van der Waals surface area (Å²) in [6.45, 7) is 7.12. The first-order chi connectivity index (χ1) is 7.13. The van der Waals surface area contributed by atoms with Gasteiger partial charge in [-0.1, -0.05) is 0 Å². The van der Waals surface area contributed by atoms with Crippen LogP contribution in [0.3, 0.4) is 0 Å². The molecule has 1 aromatic heterocycles. The molecular weight excluding hydrogens is 188 g/mol. The van der Waals surface area contributed by atoms with E-state index >= 15 is 0 Å². The van der Waals surface area contributed by atoms with Gasteiger partial charge in [0, 0.05) is 42.5 Å². The minimum Gasteiger partial charge on any atom is -0.489 e. The summed E-state index contributed by atoms with van der Waals surface area (Å²) in [5.41, 5.74) is 2.04. The van der Waals surface area contributed by atoms with Crippen molar-refractivity contribution in [2.24, 2.45) is 0 Å². The van der Waals surface area contributed by atoms with E-state index in [0.29, 0.717) is 12.1 Å². The zero-order chi connectivity index (χ0) is 10.8. The van der Waals surface area contributed by atoms with Crippen LogP contribution in [0.2, 0.25) is 0 Å². The Morgan fingerprint density at radius 2 is 2.00 bits per heavy atom. The van der Waals surface area contributed by atoms with Crippen molar-refractivity contribution in [3.63, 3.8) is 0 Å². The third kappa shape index (κ3) is 2.69. The van der Waals surface area contributed by atoms with Crippen molar-refractivity contribution >= 4 is 0 Å². The first kappa shape index (κ1) is 10.4. The monoisotopic (exact) mass is 206 g/mol. The number of ether oxygens (including phenoxy) is 1. The molecular formula is C12H18N2O. The lowest BCUT2D eigenvalue weighted by molar-refractivity contribution is 0.220. The molecule has 0 aromatic carbocycles. The molecule has 15 heavy (non-hydrogen) atoms. The number of rotatable bonds is 2. The zero-order valence-electron chi connectivity index (χ0n) is 9.58. The summed E-state index contributed by atoms with van der Waals surface area (Å²) in [6, 6.07) is 4.56. The Morgan fingerprint density at radius 1 is 1.33 bits per heavy atom. The second-order valence-corrected chi connectivity index (χ2v) is 4.37. The van der Waals surface area contributed by atoms with Gasteiger partial charge < -0.3 is 10.1 Å². The second kappa shape index (κ2) is 4.19. The first-order valence-electron chi connectivity index (χ1n) is 5.49. The molecule has 0 bridgehead atoms. The van der Waals surface area contributed by atoms with Crippen LogP contribution < -0.4 is 10.1 Å². The Labute approximate surface area is 90.9 Å². The molecule has 0 spiro atoms. The molecule has 0 saturated carbocycles. The van der Waals surface area contributed by atoms with Crippen LogP contribution in [0.25, 0.3) is 0 Å². The lowest BCUT2D eigenvalue weighted by Gasteiger charge is -2.13. The summed E-state index contributed by atoms with van der Waals surface area (Å²) in [6.07, 6.45) is 1.39. The van der Waals surface area contributed by atoms with Crippen molar-refractivity contribution in [1.29, 1.82) is 0 Å². The Kier molecular flexibility index (Phi) is 2.91. The largest absolute Gasteiger partial charge is 0.489 e. The summed E-state index contributed by atoms with van der Waals surface area (Å²) in [4.78, 5) is 4.33. The number of aryl methyl sites for hydroxylation is 2. The molecule has 82 valence electrons. The van der Waals surface area contributed by atoms with Crippen LogP contribution in [0.5, 0.6) is 5.75 Å². The molecule has 1 aromatic rings. The predicted octanol–water partition coefficient (Wildman–Crippen LogP) is 1.83. The molecule has 1 N–H and O–H groups in total. The van der Waals surface area contributed by atoms with Gasteiger partial charge >= 0.3 is 0 Å². The van der Waals surface area contributed by atoms with Gasteiger partial charge in [-0.25, -0.2) is 0 Å². The highest BCUT2D eigenvalue weighted by Crippen LogP contribution is 2.18. The lowest BCUT2D eigenvalue weighted by Crippen LogP contribution is -2.20. The molecule has 2 heterocycles. The van der Waals surface area contributed by atoms with Crippen molar-refractivity contribution in [2.45, 2.75) is 39.3 Å². The van der Waals surface area contributed by atoms with Gasteiger partial charge in [0.15, 0.2) is 0 Å². The van der Waals surface area contributed by atoms with E-state index in [-0.39, 0.29) is 0 Å². The molecule has 1 aliphatic heterocycles. The average molecular weight is 206 g/mol. The summed E-state index contributed by atoms with van der Waals surface area (Å²) in [5.74, 6) is 0.945. The van der Waals surface area contributed by atoms with Crippen LogP contribution in [-0.2, 0) is 0 Å². The molecule has 3 heteroatoms. The summed E-state index contributed by atoms with van der Waals surface area (Å²) < 4.78 is 5.90. The van der Waals surface area contributed by atoms with Crippen LogP contribution >= 0.6 is 0 Å². The predicted molar refractivity (Wildman–Crippen MR) is 60.2 cm³/mol. The number of nitrogens with zero attached hydrogens (tertiary/aromatic N) is 1. The van der Waals surface area contributed by atoms with E-state index in [1.54, 1.807) is 0 Å². The lowest BCUT2D eigenvalue weighted by atomic mass is 10.2. The van der Waals surface area contributed by atoms with Gasteiger partial charge in [-0.3, -0.25) is 4.98 Å². The van der Waals surface area contributed by atoms with E-state index in [2.05, 4.69) is 17.2 Å². The molecule has 1 aliphatic rings. The van der Waals surface area contributed by atoms with Gasteiger partial charge in [-0.05, 0) is 20.8 Å². The average Bonchev–Trinajstić information content (AvgIpc) is 2.49. The number of hydrogen-bond donors (Lipinski definition) is 1. The maximum Gasteiger partial charge on any atom is 0.123 e. The summed E-state index contributed by atoms with van der Waals surface area (Å²) in [5, 5.41) is 3.38. The number of aromatic nitrogens is 1. The topological polar surface area (TPSA) is 34.1 Å². The Bertz CT molecular complexity index is 331. The van der Waals surface area contributed by atoms with Crippen LogP contribution in [0.4, 0.5) is 0 Å². The van der Waals surface area contributed by atoms with Gasteiger partial charge in [0.25, 0.3) is 0 Å². The molecule has 1 fully saturated rings. The number of pyridine rings is 1. The highest BCUT2D eigenvalue weighted by atomic mass is 16.5. The highest BCUT2D eigenvalue weighted by molar-refractivity contribution is 5.26. The van der Waals surface area contributed by atoms with Crippen molar-refractivity contribution < 1.29 is 4.74 Å². The standard InChI is InChI=1S/C12H18N2O/c1-8-4-12(7-13-8)15-11-5-9(2)14-10(3)6-11/h5-6,8,12-13H,4,7H2,1-3H3/t8-,12+/m0/s1. The van der Waals surface area contributed by atoms with Crippen molar-refractivity contribution in [1.82, 2.24) is 10.3 Å². The van der Waals surface area contributed by atoms with Crippen LogP contribution in [-0.4, -0.2) is 23.7 Å². The van der Waals surface area contributed by atoms with Gasteiger partial charge in [-0.15, -0.1) is 0 Å². The molecule has 2 rings (SSSR count). The maximum absolute atomic E-state index is 5.90. The molecule has 1 saturated heterocycles. The van der Waals surface area contributed by atoms with E-state index in [9.17, 15) is 0 Å². The van der Waals surface area contributed by atoms with Crippen LogP contribution in [0.15, 0.2) is 12.1 Å². The highest BCUT2D eigenvalue weighted by Gasteiger charge is 2.21. The molecule has 0 unspecified atom stereocenters. The quantitative estimate of drug-likeness (QED) is 0.801. The van der Waals surface area contributed by atoms with E-state index in [1.807, 2.05) is 26.0 Å². The van der Waals surface area contributed by atoms with Gasteiger partial charge in [-0.2, -0.15) is 0 Å². The van der Waals surface area contributed by atoms with E-state index in [1.165, 1.54) is 0 Å². The fourth-order valence-corrected chi connectivity index (χ4v) is 2.04. The fraction of sp³-hybridized carbons (Fsp3) is 0.583. The smallest absolute Gasteiger partial charge is 0.123 e. The van der Waals surface area contributed by atoms with Crippen molar-refractivity contribution in [3.05, 3.63) is 23.5 Å². The number of hydrogen-bond acceptors (Lipinski definition) is 3. The normalized spacial score (nSPS) is 25.5. The number of nitrogens with one attached hydrogen (secondary N) is 1. The van der Waals surface area contributed by atoms with Crippen molar-refractivity contribution in [3.8, 4) is 5.75 Å². The zero-order valence-corrected chi connectivity index (χ0v) is 9.58. The second-order valence-electron chi connectivity index (χ2n) is 4.37. The SMILES string of the molecule is Cc1cc(O[C@H]2CN[C@@H](C)C2)cc(C)n1. The van der Waals surface area contributed by atoms with E-state index < -0.39 is 0 Å².